The van der Waals surface area contributed by atoms with Crippen molar-refractivity contribution in [3.8, 4) is 17.2 Å². The number of hydrogen-bond acceptors (Lipinski definition) is 25. The highest BCUT2D eigenvalue weighted by atomic mass is 16.7. The number of anilines is 1. The fraction of sp³-hybridized carbons (Fsp3) is 0.519. The fourth-order valence-corrected chi connectivity index (χ4v) is 14.5. The van der Waals surface area contributed by atoms with Gasteiger partial charge in [0.05, 0.1) is 66.2 Å². The van der Waals surface area contributed by atoms with E-state index in [9.17, 15) is 68.7 Å². The number of methoxy groups -OCH3 is 4. The van der Waals surface area contributed by atoms with Gasteiger partial charge in [0.1, 0.15) is 40.1 Å². The minimum atomic E-state index is -1.95. The monoisotopic (exact) mass is 1510 g/mol. The van der Waals surface area contributed by atoms with E-state index >= 15 is 0 Å². The number of Topliss-reactive ketones (excluding diaryl/α,β-unsaturated/α-hetero) is 2. The van der Waals surface area contributed by atoms with Gasteiger partial charge < -0.3 is 84.7 Å². The molecule has 28 nitrogen and oxygen atoms in total. The number of nitrogens with one attached hydrogen (secondary N) is 2. The molecule has 1 fully saturated rings. The number of phenols is 2. The first kappa shape index (κ1) is 86.7. The number of aromatic hydroxyl groups is 2. The quantitative estimate of drug-likeness (QED) is 0.0552. The number of amides is 3. The van der Waals surface area contributed by atoms with E-state index in [-0.39, 0.29) is 96.2 Å². The first-order valence-corrected chi connectivity index (χ1v) is 36.4. The predicted molar refractivity (Wildman–Crippen MR) is 403 cm³/mol. The van der Waals surface area contributed by atoms with E-state index < -0.39 is 137 Å². The summed E-state index contributed by atoms with van der Waals surface area (Å²) in [5.74, 6) is -9.20. The number of phenolic OH excluding ortho intramolecular Hbond substituents is 2. The van der Waals surface area contributed by atoms with Crippen LogP contribution in [-0.4, -0.2) is 192 Å². The van der Waals surface area contributed by atoms with Crippen molar-refractivity contribution in [2.24, 2.45) is 57.1 Å². The molecule has 0 unspecified atom stereocenters. The number of aliphatic hydroxyl groups excluding tert-OH is 3. The molecule has 5 aliphatic heterocycles. The van der Waals surface area contributed by atoms with Gasteiger partial charge in [0.15, 0.2) is 29.2 Å². The summed E-state index contributed by atoms with van der Waals surface area (Å²) in [5, 5.41) is 64.2. The van der Waals surface area contributed by atoms with Gasteiger partial charge in [-0.05, 0) is 88.3 Å². The van der Waals surface area contributed by atoms with Crippen LogP contribution in [0.3, 0.4) is 0 Å². The molecule has 3 amide bonds. The Labute approximate surface area is 634 Å². The highest BCUT2D eigenvalue weighted by Crippen LogP contribution is 2.51. The van der Waals surface area contributed by atoms with Gasteiger partial charge in [-0.15, -0.1) is 0 Å². The van der Waals surface area contributed by atoms with Gasteiger partial charge in [-0.25, -0.2) is 9.79 Å². The van der Waals surface area contributed by atoms with Gasteiger partial charge in [-0.3, -0.25) is 43.3 Å². The summed E-state index contributed by atoms with van der Waals surface area (Å²) in [5.41, 5.74) is 6.01. The van der Waals surface area contributed by atoms with Gasteiger partial charge in [-0.1, -0.05) is 97.9 Å². The molecule has 0 aromatic heterocycles. The highest BCUT2D eigenvalue weighted by molar-refractivity contribution is 6.24. The molecule has 2 aromatic rings. The van der Waals surface area contributed by atoms with Crippen LogP contribution in [0.25, 0.3) is 10.8 Å². The SMILES string of the molecule is COC1=C2C[C@@H](C)C[C@H](OC)[C@H](O)[C@@H](C)/C=C(\C)[C@H](OC(N)=O)[C@@H](OC)/C=C\C=C(/C)C(=O)NC(=CC1=O)C2=O.CO[C@H]1/C=C/O[C@@]2(C)Oc3c(C)c(O)c4c(O)c(c5c(c4c3C2=O)NC2(CCN(CC(C)C)CC2)N=5)=NC(=O)/C(C)=C\C=C\[C@H](C)[C@H](O)[C@@H](C)[C@@H](O)[C@@H](C)[C@H](OC(C)=O)[C@@H]1C.O=C1C=CC(=O)C=C1. The van der Waals surface area contributed by atoms with E-state index in [1.54, 1.807) is 97.9 Å². The third-order valence-electron chi connectivity index (χ3n) is 20.7. The molecule has 7 aliphatic rings. The lowest BCUT2D eigenvalue weighted by molar-refractivity contribution is -0.160. The average molecular weight is 1520 g/mol. The maximum atomic E-state index is 14.7. The number of ether oxygens (including phenoxy) is 8. The molecule has 592 valence electrons. The number of nitrogens with zero attached hydrogens (tertiary/aromatic N) is 3. The zero-order valence-corrected chi connectivity index (χ0v) is 65.3. The Hall–Kier alpha value is -9.55. The third-order valence-corrected chi connectivity index (χ3v) is 20.7. The van der Waals surface area contributed by atoms with Crippen molar-refractivity contribution < 1.29 is 107 Å². The zero-order valence-electron chi connectivity index (χ0n) is 65.3. The molecule has 9 rings (SSSR count). The number of benzene rings is 2. The van der Waals surface area contributed by atoms with Crippen LogP contribution in [0.15, 0.2) is 129 Å². The molecular formula is C81H106N6O22. The zero-order chi connectivity index (χ0) is 81.0. The van der Waals surface area contributed by atoms with E-state index in [4.69, 9.17) is 48.6 Å². The van der Waals surface area contributed by atoms with Crippen molar-refractivity contribution in [3.05, 3.63) is 141 Å². The topological polar surface area (TPSA) is 407 Å². The minimum absolute atomic E-state index is 0.0538. The summed E-state index contributed by atoms with van der Waals surface area (Å²) in [6.45, 7) is 26.5. The van der Waals surface area contributed by atoms with Crippen molar-refractivity contribution in [1.82, 2.24) is 10.2 Å². The molecule has 2 aromatic carbocycles. The molecule has 6 bridgehead atoms. The number of allylic oxidation sites excluding steroid dienone is 10. The van der Waals surface area contributed by atoms with E-state index in [1.807, 2.05) is 6.92 Å². The summed E-state index contributed by atoms with van der Waals surface area (Å²) in [7, 11) is 5.68. The Morgan fingerprint density at radius 2 is 1.36 bits per heavy atom. The number of hydrogen-bond donors (Lipinski definition) is 8. The highest BCUT2D eigenvalue weighted by Gasteiger charge is 2.51. The molecule has 1 spiro atoms. The minimum Gasteiger partial charge on any atom is -0.507 e. The molecule has 0 radical (unpaired) electrons. The summed E-state index contributed by atoms with van der Waals surface area (Å²) in [6.07, 6.45) is 13.7. The number of carbonyl (C=O) groups is 9. The predicted octanol–water partition coefficient (Wildman–Crippen LogP) is 7.41. The van der Waals surface area contributed by atoms with Crippen LogP contribution in [0.5, 0.6) is 17.2 Å². The molecule has 109 heavy (non-hydrogen) atoms. The lowest BCUT2D eigenvalue weighted by Crippen LogP contribution is -2.47. The normalized spacial score (nSPS) is 31.6. The number of nitrogens with two attached hydrogens (primary N) is 1. The molecular weight excluding hydrogens is 1410 g/mol. The fourth-order valence-electron chi connectivity index (χ4n) is 14.5. The molecule has 9 N–H and O–H groups in total. The Morgan fingerprint density at radius 3 is 1.94 bits per heavy atom. The Balaban J connectivity index is 0.000000294. The summed E-state index contributed by atoms with van der Waals surface area (Å²) in [6, 6.07) is 0. The number of primary amides is 1. The molecule has 15 atom stereocenters. The third kappa shape index (κ3) is 20.3. The van der Waals surface area contributed by atoms with Crippen LogP contribution in [0.4, 0.5) is 10.5 Å². The van der Waals surface area contributed by atoms with Crippen molar-refractivity contribution in [2.75, 3.05) is 53.4 Å². The van der Waals surface area contributed by atoms with Crippen molar-refractivity contribution in [3.63, 3.8) is 0 Å². The number of piperidine rings is 1. The second-order valence-corrected chi connectivity index (χ2v) is 29.5. The Morgan fingerprint density at radius 1 is 0.743 bits per heavy atom. The Bertz CT molecular complexity index is 4280. The van der Waals surface area contributed by atoms with Gasteiger partial charge in [0, 0.05) is 131 Å². The first-order valence-electron chi connectivity index (χ1n) is 36.4. The first-order chi connectivity index (χ1) is 51.3. The molecule has 28 heteroatoms. The van der Waals surface area contributed by atoms with Crippen molar-refractivity contribution >= 4 is 69.3 Å². The number of likely N-dealkylation sites (tertiary alicyclic amines) is 1. The number of esters is 1. The summed E-state index contributed by atoms with van der Waals surface area (Å²) < 4.78 is 45.7. The summed E-state index contributed by atoms with van der Waals surface area (Å²) >= 11 is 0. The largest absolute Gasteiger partial charge is 0.507 e. The van der Waals surface area contributed by atoms with Gasteiger partial charge in [-0.2, -0.15) is 0 Å². The number of fused-ring (bicyclic) bond motifs is 3. The number of aliphatic hydroxyl groups is 3. The second-order valence-electron chi connectivity index (χ2n) is 29.5. The smallest absolute Gasteiger partial charge is 0.405 e. The van der Waals surface area contributed by atoms with Crippen molar-refractivity contribution in [1.29, 1.82) is 0 Å². The van der Waals surface area contributed by atoms with Gasteiger partial charge in [0.25, 0.3) is 17.6 Å². The van der Waals surface area contributed by atoms with Gasteiger partial charge in [0.2, 0.25) is 11.6 Å². The average Bonchev–Trinajstić information content (AvgIpc) is 1.55. The van der Waals surface area contributed by atoms with Crippen LogP contribution in [-0.2, 0) is 66.7 Å². The van der Waals surface area contributed by atoms with Crippen molar-refractivity contribution in [2.45, 2.75) is 183 Å². The van der Waals surface area contributed by atoms with E-state index in [2.05, 4.69) is 34.4 Å². The van der Waals surface area contributed by atoms with Gasteiger partial charge >= 0.3 is 17.8 Å². The van der Waals surface area contributed by atoms with Crippen LogP contribution < -0.4 is 31.8 Å². The van der Waals surface area contributed by atoms with Crippen LogP contribution >= 0.6 is 0 Å². The molecule has 1 saturated heterocycles. The van der Waals surface area contributed by atoms with Crippen LogP contribution in [0.2, 0.25) is 0 Å². The lowest BCUT2D eigenvalue weighted by Gasteiger charge is -2.38. The lowest BCUT2D eigenvalue weighted by atomic mass is 9.78. The second kappa shape index (κ2) is 37.2. The Kier molecular flexibility index (Phi) is 29.6. The van der Waals surface area contributed by atoms with Crippen LogP contribution in [0, 0.1) is 48.3 Å². The molecule has 5 heterocycles. The number of carbonyl (C=O) groups excluding carboxylic acids is 9. The number of ketones is 5. The van der Waals surface area contributed by atoms with E-state index in [1.165, 1.54) is 85.9 Å². The summed E-state index contributed by atoms with van der Waals surface area (Å²) in [4.78, 5) is 124. The number of rotatable bonds is 8. The van der Waals surface area contributed by atoms with E-state index in [0.29, 0.717) is 36.4 Å². The van der Waals surface area contributed by atoms with Crippen LogP contribution in [0.1, 0.15) is 132 Å². The standard InChI is InChI=1S/C46H62N4O11.C29H40N2O9.C6H4O2/c1-22(2)21-50-18-16-46(17-19-50)48-34-31-32-39(54)28(8)42-33(31)43(56)45(10,61-42)59-20-15-30(58-11)25(5)41(60-29(9)51)27(7)38(53)26(6)37(52)23(3)13-12-14-24(4)44(57)47-36(40(32)55)35(34)49-46;1-15-11-19-25(34)20(14-21(32)27(19)39-7)31-28(35)16(2)9-8-10-22(37-5)26(40-29(30)36)18(4)13-17(3)24(33)23(12-15)38-6;7-5-1-2-6(8)4-3-5/h12-15,20,22-23,25-27,30,37-38,41,48,52-55H,16-19,21H2,1-11H3;8-10,13-15,17,22-24,26,33H,11-12H2,1-7H3,(H2,30,36)(H,31,35);1-4H/b13-12+,20-15+,24-14-,47-36?;10-8-,16-9+,18-13+;/t23-,25+,26+,27+,30-,37-,38+,41+,45-;15-,17+,22+,23+,24-,26+;/m01./s1. The maximum absolute atomic E-state index is 14.7. The van der Waals surface area contributed by atoms with E-state index in [0.717, 1.165) is 25.7 Å². The maximum Gasteiger partial charge on any atom is 0.405 e. The molecule has 2 aliphatic carbocycles. The molecule has 0 saturated carbocycles.